The molecular weight excluding hydrogens is 348 g/mol. The van der Waals surface area contributed by atoms with Crippen molar-refractivity contribution in [2.24, 2.45) is 0 Å². The van der Waals surface area contributed by atoms with Crippen LogP contribution < -0.4 is 5.32 Å². The fourth-order valence-electron chi connectivity index (χ4n) is 3.70. The van der Waals surface area contributed by atoms with Crippen molar-refractivity contribution in [3.63, 3.8) is 0 Å². The second kappa shape index (κ2) is 7.85. The van der Waals surface area contributed by atoms with Gasteiger partial charge in [0.15, 0.2) is 11.5 Å². The van der Waals surface area contributed by atoms with Crippen LogP contribution in [0.25, 0.3) is 11.5 Å². The zero-order chi connectivity index (χ0) is 18.6. The van der Waals surface area contributed by atoms with Crippen LogP contribution in [0.15, 0.2) is 33.4 Å². The summed E-state index contributed by atoms with van der Waals surface area (Å²) in [6.45, 7) is 2.01. The van der Waals surface area contributed by atoms with Crippen LogP contribution in [-0.2, 0) is 0 Å². The van der Waals surface area contributed by atoms with E-state index in [0.717, 1.165) is 12.8 Å². The highest BCUT2D eigenvalue weighted by Crippen LogP contribution is 2.22. The molecule has 144 valence electrons. The van der Waals surface area contributed by atoms with E-state index in [9.17, 15) is 9.59 Å². The Hall–Kier alpha value is -2.77. The van der Waals surface area contributed by atoms with Crippen LogP contribution in [0.4, 0.5) is 4.79 Å². The molecule has 2 aromatic rings. The van der Waals surface area contributed by atoms with E-state index in [2.05, 4.69) is 10.5 Å². The molecule has 0 atom stereocenters. The number of furan rings is 1. The van der Waals surface area contributed by atoms with Gasteiger partial charge in [0.1, 0.15) is 0 Å². The fraction of sp³-hybridized carbons (Fsp3) is 0.526. The first-order valence-corrected chi connectivity index (χ1v) is 9.56. The van der Waals surface area contributed by atoms with Crippen LogP contribution >= 0.6 is 0 Å². The third-order valence-corrected chi connectivity index (χ3v) is 5.28. The summed E-state index contributed by atoms with van der Waals surface area (Å²) in [5, 5.41) is 6.99. The summed E-state index contributed by atoms with van der Waals surface area (Å²) in [4.78, 5) is 28.5. The summed E-state index contributed by atoms with van der Waals surface area (Å²) in [6.07, 6.45) is 7.30. The Kier molecular flexibility index (Phi) is 5.13. The maximum absolute atomic E-state index is 12.6. The van der Waals surface area contributed by atoms with Gasteiger partial charge >= 0.3 is 6.03 Å². The van der Waals surface area contributed by atoms with Gasteiger partial charge in [-0.1, -0.05) is 24.4 Å². The fourth-order valence-corrected chi connectivity index (χ4v) is 3.70. The second-order valence-corrected chi connectivity index (χ2v) is 7.12. The average Bonchev–Trinajstić information content (AvgIpc) is 3.40. The van der Waals surface area contributed by atoms with E-state index in [1.54, 1.807) is 28.0 Å². The number of hydrogen-bond donors (Lipinski definition) is 1. The Bertz CT molecular complexity index is 771. The molecule has 8 heteroatoms. The first-order chi connectivity index (χ1) is 13.2. The number of piperazine rings is 1. The number of nitrogens with zero attached hydrogens (tertiary/aromatic N) is 3. The molecule has 0 unspecified atom stereocenters. The second-order valence-electron chi connectivity index (χ2n) is 7.12. The van der Waals surface area contributed by atoms with Crippen LogP contribution in [-0.4, -0.2) is 59.1 Å². The third-order valence-electron chi connectivity index (χ3n) is 5.28. The van der Waals surface area contributed by atoms with Crippen LogP contribution in [0.1, 0.15) is 42.6 Å². The number of urea groups is 1. The lowest BCUT2D eigenvalue weighted by molar-refractivity contribution is 0.0652. The van der Waals surface area contributed by atoms with Gasteiger partial charge < -0.3 is 24.1 Å². The number of amides is 3. The zero-order valence-electron chi connectivity index (χ0n) is 15.2. The molecule has 27 heavy (non-hydrogen) atoms. The summed E-state index contributed by atoms with van der Waals surface area (Å²) in [7, 11) is 0. The van der Waals surface area contributed by atoms with Gasteiger partial charge in [-0.2, -0.15) is 0 Å². The monoisotopic (exact) mass is 372 g/mol. The van der Waals surface area contributed by atoms with Crippen molar-refractivity contribution in [3.8, 4) is 11.5 Å². The number of carbonyl (C=O) groups is 2. The van der Waals surface area contributed by atoms with Crippen molar-refractivity contribution in [2.75, 3.05) is 26.2 Å². The predicted molar refractivity (Wildman–Crippen MR) is 97.1 cm³/mol. The topological polar surface area (TPSA) is 91.8 Å². The molecule has 8 nitrogen and oxygen atoms in total. The molecule has 3 heterocycles. The van der Waals surface area contributed by atoms with Crippen molar-refractivity contribution in [2.45, 2.75) is 38.1 Å². The minimum absolute atomic E-state index is 0.0180. The Morgan fingerprint density at radius 2 is 1.78 bits per heavy atom. The molecule has 2 aromatic heterocycles. The molecule has 1 aliphatic carbocycles. The summed E-state index contributed by atoms with van der Waals surface area (Å²) in [6, 6.07) is 5.36. The van der Waals surface area contributed by atoms with E-state index in [-0.39, 0.29) is 17.6 Å². The van der Waals surface area contributed by atoms with Gasteiger partial charge in [0.05, 0.1) is 6.26 Å². The van der Waals surface area contributed by atoms with E-state index < -0.39 is 0 Å². The van der Waals surface area contributed by atoms with Gasteiger partial charge in [-0.15, -0.1) is 0 Å². The van der Waals surface area contributed by atoms with Crippen LogP contribution in [0.3, 0.4) is 0 Å². The molecule has 4 rings (SSSR count). The molecule has 2 aliphatic rings. The maximum atomic E-state index is 12.6. The lowest BCUT2D eigenvalue weighted by Gasteiger charge is -2.35. The maximum Gasteiger partial charge on any atom is 0.317 e. The number of aromatic nitrogens is 1. The van der Waals surface area contributed by atoms with Gasteiger partial charge in [-0.25, -0.2) is 4.79 Å². The van der Waals surface area contributed by atoms with Crippen molar-refractivity contribution < 1.29 is 18.5 Å². The minimum Gasteiger partial charge on any atom is -0.461 e. The van der Waals surface area contributed by atoms with E-state index in [1.165, 1.54) is 25.5 Å². The predicted octanol–water partition coefficient (Wildman–Crippen LogP) is 2.73. The Balaban J connectivity index is 1.29. The average molecular weight is 372 g/mol. The summed E-state index contributed by atoms with van der Waals surface area (Å²) < 4.78 is 10.5. The molecule has 3 amide bonds. The highest BCUT2D eigenvalue weighted by atomic mass is 16.5. The van der Waals surface area contributed by atoms with Gasteiger partial charge in [0.25, 0.3) is 5.91 Å². The lowest BCUT2D eigenvalue weighted by atomic mass is 9.96. The third kappa shape index (κ3) is 3.99. The molecule has 0 bridgehead atoms. The molecule has 1 N–H and O–H groups in total. The Morgan fingerprint density at radius 3 is 2.48 bits per heavy atom. The minimum atomic E-state index is -0.191. The van der Waals surface area contributed by atoms with Crippen molar-refractivity contribution in [1.29, 1.82) is 0 Å². The normalized spacial score (nSPS) is 18.5. The highest BCUT2D eigenvalue weighted by Gasteiger charge is 2.28. The first kappa shape index (κ1) is 17.6. The van der Waals surface area contributed by atoms with Crippen LogP contribution in [0.2, 0.25) is 0 Å². The largest absolute Gasteiger partial charge is 0.461 e. The van der Waals surface area contributed by atoms with Gasteiger partial charge in [-0.3, -0.25) is 4.79 Å². The van der Waals surface area contributed by atoms with Crippen molar-refractivity contribution >= 4 is 11.9 Å². The Labute approximate surface area is 157 Å². The quantitative estimate of drug-likeness (QED) is 0.894. The van der Waals surface area contributed by atoms with E-state index >= 15 is 0 Å². The molecule has 0 spiro atoms. The van der Waals surface area contributed by atoms with Gasteiger partial charge in [0.2, 0.25) is 5.76 Å². The van der Waals surface area contributed by atoms with Gasteiger partial charge in [-0.05, 0) is 25.0 Å². The van der Waals surface area contributed by atoms with E-state index in [0.29, 0.717) is 43.7 Å². The highest BCUT2D eigenvalue weighted by molar-refractivity contribution is 5.93. The van der Waals surface area contributed by atoms with Crippen molar-refractivity contribution in [3.05, 3.63) is 30.2 Å². The lowest BCUT2D eigenvalue weighted by Crippen LogP contribution is -2.54. The number of rotatable bonds is 3. The first-order valence-electron chi connectivity index (χ1n) is 9.56. The molecule has 1 saturated heterocycles. The number of nitrogens with one attached hydrogen (secondary N) is 1. The van der Waals surface area contributed by atoms with E-state index in [1.807, 2.05) is 0 Å². The Morgan fingerprint density at radius 1 is 1.04 bits per heavy atom. The molecule has 1 aliphatic heterocycles. The molecule has 2 fully saturated rings. The zero-order valence-corrected chi connectivity index (χ0v) is 15.2. The van der Waals surface area contributed by atoms with Gasteiger partial charge in [0, 0.05) is 38.3 Å². The number of carbonyl (C=O) groups excluding carboxylic acids is 2. The SMILES string of the molecule is O=C(NC1CCCCC1)N1CCN(C(=O)c2cc(-c3ccco3)on2)CC1. The standard InChI is InChI=1S/C19H24N4O4/c24-18(15-13-17(27-21-15)16-7-4-12-26-16)22-8-10-23(11-9-22)19(25)20-14-5-2-1-3-6-14/h4,7,12-14H,1-3,5-6,8-11H2,(H,20,25). The summed E-state index contributed by atoms with van der Waals surface area (Å²) in [5.74, 6) is 0.767. The molecule has 0 aromatic carbocycles. The molecule has 0 radical (unpaired) electrons. The smallest absolute Gasteiger partial charge is 0.317 e. The molecular formula is C19H24N4O4. The summed E-state index contributed by atoms with van der Waals surface area (Å²) >= 11 is 0. The van der Waals surface area contributed by atoms with Crippen LogP contribution in [0, 0.1) is 0 Å². The number of hydrogen-bond acceptors (Lipinski definition) is 5. The van der Waals surface area contributed by atoms with Crippen molar-refractivity contribution in [1.82, 2.24) is 20.3 Å². The molecule has 1 saturated carbocycles. The van der Waals surface area contributed by atoms with E-state index in [4.69, 9.17) is 8.94 Å². The van der Waals surface area contributed by atoms with Crippen LogP contribution in [0.5, 0.6) is 0 Å². The summed E-state index contributed by atoms with van der Waals surface area (Å²) in [5.41, 5.74) is 0.251.